The van der Waals surface area contributed by atoms with Crippen molar-refractivity contribution < 1.29 is 9.18 Å². The number of halogens is 1. The summed E-state index contributed by atoms with van der Waals surface area (Å²) < 4.78 is 13.5. The number of carbonyl (C=O) groups is 1. The molecule has 3 nitrogen and oxygen atoms in total. The maximum Gasteiger partial charge on any atom is 0.227 e. The highest BCUT2D eigenvalue weighted by Crippen LogP contribution is 2.29. The number of fused-ring (bicyclic) bond motifs is 1. The Bertz CT molecular complexity index is 749. The van der Waals surface area contributed by atoms with Crippen molar-refractivity contribution in [3.05, 3.63) is 65.0 Å². The summed E-state index contributed by atoms with van der Waals surface area (Å²) in [5.41, 5.74) is 2.88. The highest BCUT2D eigenvalue weighted by atomic mass is 19.1. The molecule has 0 aromatic heterocycles. The van der Waals surface area contributed by atoms with Gasteiger partial charge in [-0.25, -0.2) is 4.39 Å². The van der Waals surface area contributed by atoms with Gasteiger partial charge in [0, 0.05) is 12.1 Å². The Balaban J connectivity index is 1.96. The van der Waals surface area contributed by atoms with Gasteiger partial charge in [-0.2, -0.15) is 5.26 Å². The smallest absolute Gasteiger partial charge is 0.227 e. The van der Waals surface area contributed by atoms with Crippen LogP contribution in [0.1, 0.15) is 23.1 Å². The molecule has 0 bridgehead atoms. The lowest BCUT2D eigenvalue weighted by Crippen LogP contribution is -2.34. The van der Waals surface area contributed by atoms with Crippen molar-refractivity contribution in [2.45, 2.75) is 19.4 Å². The molecule has 21 heavy (non-hydrogen) atoms. The SMILES string of the molecule is N#Cc1cc(F)cc(CN2C(=O)CCc3ccccc32)c1. The molecule has 1 aliphatic heterocycles. The first kappa shape index (κ1) is 13.3. The van der Waals surface area contributed by atoms with Gasteiger partial charge in [-0.15, -0.1) is 0 Å². The van der Waals surface area contributed by atoms with Crippen LogP contribution in [0.2, 0.25) is 0 Å². The largest absolute Gasteiger partial charge is 0.308 e. The monoisotopic (exact) mass is 280 g/mol. The maximum atomic E-state index is 13.5. The second-order valence-corrected chi connectivity index (χ2v) is 5.07. The van der Waals surface area contributed by atoms with Crippen molar-refractivity contribution in [3.8, 4) is 6.07 Å². The van der Waals surface area contributed by atoms with Gasteiger partial charge >= 0.3 is 0 Å². The van der Waals surface area contributed by atoms with E-state index in [2.05, 4.69) is 0 Å². The summed E-state index contributed by atoms with van der Waals surface area (Å²) in [6, 6.07) is 13.8. The number of rotatable bonds is 2. The molecule has 104 valence electrons. The first-order valence-corrected chi connectivity index (χ1v) is 6.75. The normalized spacial score (nSPS) is 13.7. The third kappa shape index (κ3) is 2.63. The van der Waals surface area contributed by atoms with Gasteiger partial charge in [-0.05, 0) is 41.8 Å². The number of nitriles is 1. The third-order valence-electron chi connectivity index (χ3n) is 3.62. The average Bonchev–Trinajstić information content (AvgIpc) is 2.49. The molecule has 0 fully saturated rings. The molecular formula is C17H13FN2O. The first-order chi connectivity index (χ1) is 10.2. The van der Waals surface area contributed by atoms with Crippen molar-refractivity contribution >= 4 is 11.6 Å². The standard InChI is InChI=1S/C17H13FN2O/c18-15-8-12(10-19)7-13(9-15)11-20-16-4-2-1-3-14(16)5-6-17(20)21/h1-4,7-9H,5-6,11H2. The Hall–Kier alpha value is -2.67. The van der Waals surface area contributed by atoms with Crippen molar-refractivity contribution in [1.29, 1.82) is 5.26 Å². The minimum absolute atomic E-state index is 0.0245. The van der Waals surface area contributed by atoms with Gasteiger partial charge in [-0.1, -0.05) is 18.2 Å². The zero-order valence-corrected chi connectivity index (χ0v) is 11.3. The summed E-state index contributed by atoms with van der Waals surface area (Å²) in [4.78, 5) is 13.8. The van der Waals surface area contributed by atoms with Crippen molar-refractivity contribution in [2.75, 3.05) is 4.90 Å². The second-order valence-electron chi connectivity index (χ2n) is 5.07. The first-order valence-electron chi connectivity index (χ1n) is 6.75. The average molecular weight is 280 g/mol. The minimum atomic E-state index is -0.457. The molecular weight excluding hydrogens is 267 g/mol. The molecule has 2 aromatic carbocycles. The van der Waals surface area contributed by atoms with Crippen LogP contribution in [-0.4, -0.2) is 5.91 Å². The van der Waals surface area contributed by atoms with Crippen molar-refractivity contribution in [3.63, 3.8) is 0 Å². The molecule has 1 amide bonds. The second kappa shape index (κ2) is 5.37. The number of hydrogen-bond acceptors (Lipinski definition) is 2. The number of amides is 1. The van der Waals surface area contributed by atoms with E-state index in [-0.39, 0.29) is 18.0 Å². The highest BCUT2D eigenvalue weighted by molar-refractivity contribution is 5.96. The maximum absolute atomic E-state index is 13.5. The van der Waals surface area contributed by atoms with Crippen LogP contribution in [0.25, 0.3) is 0 Å². The number of anilines is 1. The Morgan fingerprint density at radius 2 is 2.00 bits per heavy atom. The molecule has 0 atom stereocenters. The van der Waals surface area contributed by atoms with Crippen LogP contribution < -0.4 is 4.90 Å². The summed E-state index contributed by atoms with van der Waals surface area (Å²) in [5, 5.41) is 8.90. The van der Waals surface area contributed by atoms with E-state index in [0.717, 1.165) is 17.7 Å². The fourth-order valence-electron chi connectivity index (χ4n) is 2.66. The van der Waals surface area contributed by atoms with E-state index in [1.54, 1.807) is 11.0 Å². The number of aryl methyl sites for hydroxylation is 1. The molecule has 1 aliphatic rings. The Labute approximate surface area is 122 Å². The van der Waals surface area contributed by atoms with Crippen LogP contribution in [0, 0.1) is 17.1 Å². The zero-order valence-electron chi connectivity index (χ0n) is 11.3. The van der Waals surface area contributed by atoms with Gasteiger partial charge < -0.3 is 4.90 Å². The molecule has 0 aliphatic carbocycles. The Morgan fingerprint density at radius 1 is 1.19 bits per heavy atom. The van der Waals surface area contributed by atoms with Gasteiger partial charge in [0.15, 0.2) is 0 Å². The molecule has 3 rings (SSSR count). The minimum Gasteiger partial charge on any atom is -0.308 e. The number of hydrogen-bond donors (Lipinski definition) is 0. The summed E-state index contributed by atoms with van der Waals surface area (Å²) in [6.45, 7) is 0.280. The molecule has 0 N–H and O–H groups in total. The highest BCUT2D eigenvalue weighted by Gasteiger charge is 2.23. The van der Waals surface area contributed by atoms with Crippen LogP contribution in [0.4, 0.5) is 10.1 Å². The van der Waals surface area contributed by atoms with E-state index < -0.39 is 5.82 Å². The molecule has 0 radical (unpaired) electrons. The molecule has 2 aromatic rings. The molecule has 0 saturated carbocycles. The number of carbonyl (C=O) groups excluding carboxylic acids is 1. The number of benzene rings is 2. The van der Waals surface area contributed by atoms with E-state index in [4.69, 9.17) is 5.26 Å². The van der Waals surface area contributed by atoms with Gasteiger partial charge in [0.2, 0.25) is 5.91 Å². The molecule has 1 heterocycles. The summed E-state index contributed by atoms with van der Waals surface area (Å²) in [7, 11) is 0. The van der Waals surface area contributed by atoms with Crippen LogP contribution in [0.5, 0.6) is 0 Å². The third-order valence-corrected chi connectivity index (χ3v) is 3.62. The lowest BCUT2D eigenvalue weighted by atomic mass is 10.0. The number of nitrogens with zero attached hydrogens (tertiary/aromatic N) is 2. The molecule has 0 spiro atoms. The Kier molecular flexibility index (Phi) is 3.41. The van der Waals surface area contributed by atoms with Crippen molar-refractivity contribution in [2.24, 2.45) is 0 Å². The molecule has 0 saturated heterocycles. The molecule has 4 heteroatoms. The Morgan fingerprint density at radius 3 is 2.81 bits per heavy atom. The van der Waals surface area contributed by atoms with Gasteiger partial charge in [0.1, 0.15) is 5.82 Å². The topological polar surface area (TPSA) is 44.1 Å². The van der Waals surface area contributed by atoms with E-state index in [9.17, 15) is 9.18 Å². The fourth-order valence-corrected chi connectivity index (χ4v) is 2.66. The molecule has 0 unspecified atom stereocenters. The summed E-state index contributed by atoms with van der Waals surface area (Å²) in [6.07, 6.45) is 1.19. The predicted octanol–water partition coefficient (Wildman–Crippen LogP) is 3.18. The van der Waals surface area contributed by atoms with E-state index in [1.165, 1.54) is 12.1 Å². The summed E-state index contributed by atoms with van der Waals surface area (Å²) >= 11 is 0. The predicted molar refractivity (Wildman–Crippen MR) is 77.1 cm³/mol. The van der Waals surface area contributed by atoms with E-state index in [0.29, 0.717) is 12.0 Å². The van der Waals surface area contributed by atoms with Crippen LogP contribution in [-0.2, 0) is 17.8 Å². The van der Waals surface area contributed by atoms with E-state index in [1.807, 2.05) is 30.3 Å². The van der Waals surface area contributed by atoms with Gasteiger partial charge in [-0.3, -0.25) is 4.79 Å². The van der Waals surface area contributed by atoms with Gasteiger partial charge in [0.25, 0.3) is 0 Å². The quantitative estimate of drug-likeness (QED) is 0.848. The summed E-state index contributed by atoms with van der Waals surface area (Å²) in [5.74, 6) is -0.432. The lowest BCUT2D eigenvalue weighted by molar-refractivity contribution is -0.119. The van der Waals surface area contributed by atoms with Crippen molar-refractivity contribution in [1.82, 2.24) is 0 Å². The van der Waals surface area contributed by atoms with Gasteiger partial charge in [0.05, 0.1) is 18.2 Å². The number of para-hydroxylation sites is 1. The zero-order chi connectivity index (χ0) is 14.8. The van der Waals surface area contributed by atoms with Crippen LogP contribution >= 0.6 is 0 Å². The van der Waals surface area contributed by atoms with E-state index >= 15 is 0 Å². The lowest BCUT2D eigenvalue weighted by Gasteiger charge is -2.29. The van der Waals surface area contributed by atoms with Crippen LogP contribution in [0.15, 0.2) is 42.5 Å². The van der Waals surface area contributed by atoms with Crippen LogP contribution in [0.3, 0.4) is 0 Å². The fraction of sp³-hybridized carbons (Fsp3) is 0.176.